The van der Waals surface area contributed by atoms with Gasteiger partial charge in [0.15, 0.2) is 5.78 Å². The monoisotopic (exact) mass is 367 g/mol. The summed E-state index contributed by atoms with van der Waals surface area (Å²) in [4.78, 5) is 27.2. The van der Waals surface area contributed by atoms with Crippen molar-refractivity contribution in [2.24, 2.45) is 11.8 Å². The van der Waals surface area contributed by atoms with Gasteiger partial charge in [-0.2, -0.15) is 5.10 Å². The molecule has 0 radical (unpaired) electrons. The van der Waals surface area contributed by atoms with Gasteiger partial charge in [0.05, 0.1) is 0 Å². The molecule has 2 aromatic rings. The predicted molar refractivity (Wildman–Crippen MR) is 106 cm³/mol. The van der Waals surface area contributed by atoms with E-state index in [0.717, 1.165) is 24.1 Å². The summed E-state index contributed by atoms with van der Waals surface area (Å²) in [6.45, 7) is 7.62. The fourth-order valence-corrected chi connectivity index (χ4v) is 3.67. The Morgan fingerprint density at radius 1 is 1.19 bits per heavy atom. The van der Waals surface area contributed by atoms with Crippen LogP contribution in [-0.4, -0.2) is 39.9 Å². The van der Waals surface area contributed by atoms with Crippen molar-refractivity contribution in [3.8, 4) is 0 Å². The maximum absolute atomic E-state index is 12.8. The van der Waals surface area contributed by atoms with Gasteiger partial charge in [-0.15, -0.1) is 0 Å². The second kappa shape index (κ2) is 8.51. The number of benzene rings is 1. The number of aromatic amines is 1. The number of carbonyl (C=O) groups excluding carboxylic acids is 2. The van der Waals surface area contributed by atoms with Crippen LogP contribution >= 0.6 is 0 Å². The van der Waals surface area contributed by atoms with E-state index in [0.29, 0.717) is 37.5 Å². The summed E-state index contributed by atoms with van der Waals surface area (Å²) in [7, 11) is 0. The van der Waals surface area contributed by atoms with E-state index in [1.807, 2.05) is 30.0 Å². The molecular weight excluding hydrogens is 338 g/mol. The van der Waals surface area contributed by atoms with Crippen molar-refractivity contribution in [3.05, 3.63) is 52.8 Å². The quantitative estimate of drug-likeness (QED) is 0.787. The lowest BCUT2D eigenvalue weighted by atomic mass is 9.88. The molecule has 3 rings (SSSR count). The Kier molecular flexibility index (Phi) is 6.09. The molecule has 0 aliphatic carbocycles. The van der Waals surface area contributed by atoms with Crippen LogP contribution < -0.4 is 0 Å². The van der Waals surface area contributed by atoms with Gasteiger partial charge >= 0.3 is 0 Å². The molecule has 1 aliphatic rings. The Hall–Kier alpha value is -2.43. The molecule has 1 fully saturated rings. The molecular formula is C22H29N3O2. The Morgan fingerprint density at radius 2 is 1.85 bits per heavy atom. The summed E-state index contributed by atoms with van der Waals surface area (Å²) in [5.74, 6) is 0.757. The van der Waals surface area contributed by atoms with Crippen molar-refractivity contribution < 1.29 is 9.59 Å². The second-order valence-corrected chi connectivity index (χ2v) is 7.86. The Bertz CT molecular complexity index is 784. The number of Topliss-reactive ketones (excluding diaryl/α,β-unsaturated/α-hetero) is 1. The van der Waals surface area contributed by atoms with Gasteiger partial charge < -0.3 is 4.90 Å². The first-order valence-corrected chi connectivity index (χ1v) is 9.94. The van der Waals surface area contributed by atoms with Crippen molar-refractivity contribution >= 4 is 11.7 Å². The van der Waals surface area contributed by atoms with E-state index < -0.39 is 0 Å². The maximum Gasteiger partial charge on any atom is 0.274 e. The van der Waals surface area contributed by atoms with Crippen LogP contribution in [0.25, 0.3) is 0 Å². The van der Waals surface area contributed by atoms with Gasteiger partial charge in [-0.3, -0.25) is 14.7 Å². The lowest BCUT2D eigenvalue weighted by Gasteiger charge is -2.30. The lowest BCUT2D eigenvalue weighted by Crippen LogP contribution is -2.40. The molecule has 27 heavy (non-hydrogen) atoms. The van der Waals surface area contributed by atoms with E-state index in [1.165, 1.54) is 5.56 Å². The van der Waals surface area contributed by atoms with Crippen molar-refractivity contribution in [2.45, 2.75) is 46.5 Å². The predicted octanol–water partition coefficient (Wildman–Crippen LogP) is 3.91. The number of aromatic nitrogens is 2. The zero-order valence-corrected chi connectivity index (χ0v) is 16.5. The summed E-state index contributed by atoms with van der Waals surface area (Å²) >= 11 is 0. The minimum atomic E-state index is -0.0464. The van der Waals surface area contributed by atoms with Crippen LogP contribution in [0.5, 0.6) is 0 Å². The number of amides is 1. The van der Waals surface area contributed by atoms with Crippen LogP contribution in [0.1, 0.15) is 65.7 Å². The van der Waals surface area contributed by atoms with E-state index >= 15 is 0 Å². The number of nitrogens with one attached hydrogen (secondary N) is 1. The SMILES string of the molecule is CCc1cc(C(=O)N2CCC(C(=O)c3ccc(CC(C)C)cc3)CC2)n[nH]1. The van der Waals surface area contributed by atoms with Gasteiger partial charge in [0.2, 0.25) is 0 Å². The smallest absolute Gasteiger partial charge is 0.274 e. The molecule has 5 nitrogen and oxygen atoms in total. The Balaban J connectivity index is 1.56. The van der Waals surface area contributed by atoms with Gasteiger partial charge in [-0.1, -0.05) is 45.0 Å². The molecule has 1 aliphatic heterocycles. The van der Waals surface area contributed by atoms with E-state index in [-0.39, 0.29) is 17.6 Å². The third kappa shape index (κ3) is 4.65. The maximum atomic E-state index is 12.8. The van der Waals surface area contributed by atoms with Crippen LogP contribution in [0.2, 0.25) is 0 Å². The van der Waals surface area contributed by atoms with Crippen molar-refractivity contribution in [2.75, 3.05) is 13.1 Å². The molecule has 0 unspecified atom stereocenters. The highest BCUT2D eigenvalue weighted by molar-refractivity contribution is 5.98. The number of hydrogen-bond acceptors (Lipinski definition) is 3. The van der Waals surface area contributed by atoms with Gasteiger partial charge in [0, 0.05) is 30.3 Å². The summed E-state index contributed by atoms with van der Waals surface area (Å²) in [6, 6.07) is 9.85. The second-order valence-electron chi connectivity index (χ2n) is 7.86. The summed E-state index contributed by atoms with van der Waals surface area (Å²) < 4.78 is 0. The number of carbonyl (C=O) groups is 2. The highest BCUT2D eigenvalue weighted by Crippen LogP contribution is 2.23. The molecule has 1 aromatic carbocycles. The third-order valence-corrected chi connectivity index (χ3v) is 5.27. The Morgan fingerprint density at radius 3 is 2.41 bits per heavy atom. The number of H-pyrrole nitrogens is 1. The number of rotatable bonds is 6. The highest BCUT2D eigenvalue weighted by atomic mass is 16.2. The molecule has 144 valence electrons. The van der Waals surface area contributed by atoms with Crippen molar-refractivity contribution in [1.29, 1.82) is 0 Å². The average Bonchev–Trinajstić information content (AvgIpc) is 3.16. The number of piperidine rings is 1. The lowest BCUT2D eigenvalue weighted by molar-refractivity contribution is 0.0645. The normalized spacial score (nSPS) is 15.3. The molecule has 0 bridgehead atoms. The van der Waals surface area contributed by atoms with Gasteiger partial charge in [-0.05, 0) is 43.2 Å². The topological polar surface area (TPSA) is 66.1 Å². The molecule has 1 amide bonds. The van der Waals surface area contributed by atoms with Gasteiger partial charge in [-0.25, -0.2) is 0 Å². The van der Waals surface area contributed by atoms with E-state index in [4.69, 9.17) is 0 Å². The molecule has 1 saturated heterocycles. The largest absolute Gasteiger partial charge is 0.337 e. The van der Waals surface area contributed by atoms with Crippen LogP contribution in [0, 0.1) is 11.8 Å². The fourth-order valence-electron chi connectivity index (χ4n) is 3.67. The number of hydrogen-bond donors (Lipinski definition) is 1. The first kappa shape index (κ1) is 19.3. The first-order valence-electron chi connectivity index (χ1n) is 9.94. The zero-order chi connectivity index (χ0) is 19.4. The highest BCUT2D eigenvalue weighted by Gasteiger charge is 2.29. The Labute approximate surface area is 161 Å². The minimum Gasteiger partial charge on any atom is -0.337 e. The van der Waals surface area contributed by atoms with Crippen LogP contribution in [0.3, 0.4) is 0 Å². The molecule has 0 saturated carbocycles. The summed E-state index contributed by atoms with van der Waals surface area (Å²) in [5.41, 5.74) is 3.49. The number of ketones is 1. The van der Waals surface area contributed by atoms with Crippen molar-refractivity contribution in [1.82, 2.24) is 15.1 Å². The number of nitrogens with zero attached hydrogens (tertiary/aromatic N) is 2. The third-order valence-electron chi connectivity index (χ3n) is 5.27. The standard InChI is InChI=1S/C22H29N3O2/c1-4-19-14-20(24-23-19)22(27)25-11-9-18(10-12-25)21(26)17-7-5-16(6-8-17)13-15(2)3/h5-8,14-15,18H,4,9-13H2,1-3H3,(H,23,24). The molecule has 2 heterocycles. The van der Waals surface area contributed by atoms with E-state index in [2.05, 4.69) is 36.2 Å². The molecule has 5 heteroatoms. The number of likely N-dealkylation sites (tertiary alicyclic amines) is 1. The van der Waals surface area contributed by atoms with Crippen LogP contribution in [0.4, 0.5) is 0 Å². The molecule has 0 spiro atoms. The fraction of sp³-hybridized carbons (Fsp3) is 0.500. The molecule has 0 atom stereocenters. The zero-order valence-electron chi connectivity index (χ0n) is 16.5. The van der Waals surface area contributed by atoms with Gasteiger partial charge in [0.25, 0.3) is 5.91 Å². The van der Waals surface area contributed by atoms with Crippen LogP contribution in [0.15, 0.2) is 30.3 Å². The van der Waals surface area contributed by atoms with E-state index in [9.17, 15) is 9.59 Å². The molecule has 1 aromatic heterocycles. The van der Waals surface area contributed by atoms with E-state index in [1.54, 1.807) is 0 Å². The summed E-state index contributed by atoms with van der Waals surface area (Å²) in [6.07, 6.45) is 3.28. The minimum absolute atomic E-state index is 0.00427. The average molecular weight is 367 g/mol. The first-order chi connectivity index (χ1) is 13.0. The van der Waals surface area contributed by atoms with Gasteiger partial charge in [0.1, 0.15) is 5.69 Å². The van der Waals surface area contributed by atoms with Crippen molar-refractivity contribution in [3.63, 3.8) is 0 Å². The number of aryl methyl sites for hydroxylation is 1. The summed E-state index contributed by atoms with van der Waals surface area (Å²) in [5, 5.41) is 7.00. The molecule has 1 N–H and O–H groups in total. The van der Waals surface area contributed by atoms with Crippen LogP contribution in [-0.2, 0) is 12.8 Å².